The summed E-state index contributed by atoms with van der Waals surface area (Å²) in [6.45, 7) is 3.47. The second-order valence-corrected chi connectivity index (χ2v) is 6.22. The molecule has 1 saturated heterocycles. The van der Waals surface area contributed by atoms with Crippen LogP contribution in [0.3, 0.4) is 0 Å². The fourth-order valence-corrected chi connectivity index (χ4v) is 3.28. The van der Waals surface area contributed by atoms with E-state index in [1.165, 1.54) is 30.8 Å². The third-order valence-electron chi connectivity index (χ3n) is 3.27. The average Bonchev–Trinajstić information content (AvgIpc) is 2.73. The van der Waals surface area contributed by atoms with E-state index in [0.29, 0.717) is 0 Å². The molecule has 0 amide bonds. The molecule has 1 aliphatic rings. The first kappa shape index (κ1) is 12.4. The molecule has 2 rings (SSSR count). The Morgan fingerprint density at radius 3 is 2.81 bits per heavy atom. The quantitative estimate of drug-likeness (QED) is 0.893. The Morgan fingerprint density at radius 2 is 2.19 bits per heavy atom. The lowest BCUT2D eigenvalue weighted by Crippen LogP contribution is -2.41. The van der Waals surface area contributed by atoms with Crippen LogP contribution in [0.25, 0.3) is 0 Å². The highest BCUT2D eigenvalue weighted by atomic mass is 35.5. The van der Waals surface area contributed by atoms with Crippen molar-refractivity contribution in [1.29, 1.82) is 0 Å². The van der Waals surface area contributed by atoms with E-state index in [2.05, 4.69) is 23.3 Å². The normalized spacial score (nSPS) is 18.2. The van der Waals surface area contributed by atoms with Crippen molar-refractivity contribution in [2.45, 2.75) is 25.3 Å². The Hall–Kier alpha value is -0.0900. The van der Waals surface area contributed by atoms with Crippen LogP contribution >= 0.6 is 22.9 Å². The first-order valence-corrected chi connectivity index (χ1v) is 7.10. The van der Waals surface area contributed by atoms with E-state index in [0.717, 1.165) is 23.3 Å². The Morgan fingerprint density at radius 1 is 1.44 bits per heavy atom. The summed E-state index contributed by atoms with van der Waals surface area (Å²) in [5.74, 6) is 0. The number of hydrogen-bond acceptors (Lipinski definition) is 3. The molecule has 1 N–H and O–H groups in total. The molecule has 0 unspecified atom stereocenters. The van der Waals surface area contributed by atoms with Gasteiger partial charge in [-0.2, -0.15) is 0 Å². The van der Waals surface area contributed by atoms with Crippen molar-refractivity contribution in [3.8, 4) is 0 Å². The van der Waals surface area contributed by atoms with Crippen LogP contribution in [0, 0.1) is 0 Å². The lowest BCUT2D eigenvalue weighted by Gasteiger charge is -2.31. The zero-order valence-electron chi connectivity index (χ0n) is 9.71. The number of piperidine rings is 1. The topological polar surface area (TPSA) is 15.3 Å². The maximum Gasteiger partial charge on any atom is 0.0931 e. The second-order valence-electron chi connectivity index (χ2n) is 4.42. The molecular formula is C12H19ClN2S. The lowest BCUT2D eigenvalue weighted by molar-refractivity contribution is 0.201. The van der Waals surface area contributed by atoms with Gasteiger partial charge in [0.05, 0.1) is 4.34 Å². The number of nitrogens with one attached hydrogen (secondary N) is 1. The third kappa shape index (κ3) is 3.45. The summed E-state index contributed by atoms with van der Waals surface area (Å²) in [6, 6.07) is 4.90. The van der Waals surface area contributed by atoms with E-state index >= 15 is 0 Å². The molecule has 0 aromatic carbocycles. The maximum absolute atomic E-state index is 5.92. The van der Waals surface area contributed by atoms with E-state index in [4.69, 9.17) is 11.6 Å². The molecule has 2 heterocycles. The highest BCUT2D eigenvalue weighted by molar-refractivity contribution is 7.16. The summed E-state index contributed by atoms with van der Waals surface area (Å²) < 4.78 is 0.902. The summed E-state index contributed by atoms with van der Waals surface area (Å²) in [5, 5.41) is 3.40. The van der Waals surface area contributed by atoms with Crippen LogP contribution in [-0.4, -0.2) is 37.6 Å². The molecular weight excluding hydrogens is 240 g/mol. The molecule has 4 heteroatoms. The molecule has 1 aliphatic heterocycles. The fourth-order valence-electron chi connectivity index (χ4n) is 2.20. The SMILES string of the molecule is CN(CCc1ccc(Cl)s1)C1CCNCC1. The van der Waals surface area contributed by atoms with E-state index < -0.39 is 0 Å². The van der Waals surface area contributed by atoms with Crippen molar-refractivity contribution in [2.24, 2.45) is 0 Å². The van der Waals surface area contributed by atoms with Gasteiger partial charge in [0, 0.05) is 17.5 Å². The van der Waals surface area contributed by atoms with Crippen LogP contribution < -0.4 is 5.32 Å². The first-order chi connectivity index (χ1) is 7.75. The predicted octanol–water partition coefficient (Wildman–Crippen LogP) is 2.63. The van der Waals surface area contributed by atoms with Crippen LogP contribution in [0.4, 0.5) is 0 Å². The highest BCUT2D eigenvalue weighted by Crippen LogP contribution is 2.22. The van der Waals surface area contributed by atoms with Crippen LogP contribution in [0.5, 0.6) is 0 Å². The number of hydrogen-bond donors (Lipinski definition) is 1. The molecule has 90 valence electrons. The monoisotopic (exact) mass is 258 g/mol. The Labute approximate surface area is 107 Å². The third-order valence-corrected chi connectivity index (χ3v) is 4.56. The van der Waals surface area contributed by atoms with Crippen molar-refractivity contribution in [3.05, 3.63) is 21.3 Å². The molecule has 0 atom stereocenters. The molecule has 1 aromatic rings. The van der Waals surface area contributed by atoms with Crippen molar-refractivity contribution in [3.63, 3.8) is 0 Å². The van der Waals surface area contributed by atoms with E-state index in [1.807, 2.05) is 6.07 Å². The van der Waals surface area contributed by atoms with Gasteiger partial charge in [-0.05, 0) is 51.5 Å². The van der Waals surface area contributed by atoms with Gasteiger partial charge in [-0.25, -0.2) is 0 Å². The molecule has 1 fully saturated rings. The van der Waals surface area contributed by atoms with Crippen molar-refractivity contribution >= 4 is 22.9 Å². The summed E-state index contributed by atoms with van der Waals surface area (Å²) >= 11 is 7.62. The minimum absolute atomic E-state index is 0.761. The van der Waals surface area contributed by atoms with Gasteiger partial charge in [-0.15, -0.1) is 11.3 Å². The van der Waals surface area contributed by atoms with E-state index in [-0.39, 0.29) is 0 Å². The van der Waals surface area contributed by atoms with Crippen LogP contribution in [0.1, 0.15) is 17.7 Å². The van der Waals surface area contributed by atoms with Crippen LogP contribution in [0.15, 0.2) is 12.1 Å². The van der Waals surface area contributed by atoms with Crippen LogP contribution in [-0.2, 0) is 6.42 Å². The largest absolute Gasteiger partial charge is 0.317 e. The summed E-state index contributed by atoms with van der Waals surface area (Å²) in [6.07, 6.45) is 3.68. The minimum Gasteiger partial charge on any atom is -0.317 e. The molecule has 0 bridgehead atoms. The smallest absolute Gasteiger partial charge is 0.0931 e. The lowest BCUT2D eigenvalue weighted by atomic mass is 10.1. The molecule has 0 saturated carbocycles. The number of likely N-dealkylation sites (N-methyl/N-ethyl adjacent to an activating group) is 1. The van der Waals surface area contributed by atoms with Gasteiger partial charge in [0.1, 0.15) is 0 Å². The van der Waals surface area contributed by atoms with Gasteiger partial charge in [0.2, 0.25) is 0 Å². The molecule has 2 nitrogen and oxygen atoms in total. The van der Waals surface area contributed by atoms with Crippen molar-refractivity contribution < 1.29 is 0 Å². The van der Waals surface area contributed by atoms with Gasteiger partial charge in [-0.3, -0.25) is 0 Å². The van der Waals surface area contributed by atoms with Gasteiger partial charge >= 0.3 is 0 Å². The summed E-state index contributed by atoms with van der Waals surface area (Å²) in [7, 11) is 2.24. The number of thiophene rings is 1. The standard InChI is InChI=1S/C12H19ClN2S/c1-15(10-4-7-14-8-5-10)9-6-11-2-3-12(13)16-11/h2-3,10,14H,4-9H2,1H3. The Kier molecular flexibility index (Phi) is 4.65. The highest BCUT2D eigenvalue weighted by Gasteiger charge is 2.17. The average molecular weight is 259 g/mol. The summed E-state index contributed by atoms with van der Waals surface area (Å²) in [4.78, 5) is 3.89. The molecule has 0 spiro atoms. The van der Waals surface area contributed by atoms with Crippen molar-refractivity contribution in [1.82, 2.24) is 10.2 Å². The summed E-state index contributed by atoms with van der Waals surface area (Å²) in [5.41, 5.74) is 0. The Balaban J connectivity index is 1.76. The maximum atomic E-state index is 5.92. The number of halogens is 1. The number of rotatable bonds is 4. The molecule has 0 radical (unpaired) electrons. The van der Waals surface area contributed by atoms with E-state index in [1.54, 1.807) is 11.3 Å². The predicted molar refractivity (Wildman–Crippen MR) is 71.6 cm³/mol. The van der Waals surface area contributed by atoms with Crippen LogP contribution in [0.2, 0.25) is 4.34 Å². The fraction of sp³-hybridized carbons (Fsp3) is 0.667. The zero-order chi connectivity index (χ0) is 11.4. The van der Waals surface area contributed by atoms with E-state index in [9.17, 15) is 0 Å². The number of nitrogens with zero attached hydrogens (tertiary/aromatic N) is 1. The second kappa shape index (κ2) is 6.01. The molecule has 1 aromatic heterocycles. The zero-order valence-corrected chi connectivity index (χ0v) is 11.3. The van der Waals surface area contributed by atoms with Crippen molar-refractivity contribution in [2.75, 3.05) is 26.7 Å². The first-order valence-electron chi connectivity index (χ1n) is 5.91. The van der Waals surface area contributed by atoms with Gasteiger partial charge in [0.25, 0.3) is 0 Å². The Bertz CT molecular complexity index is 321. The van der Waals surface area contributed by atoms with Gasteiger partial charge in [0.15, 0.2) is 0 Å². The van der Waals surface area contributed by atoms with Gasteiger partial charge < -0.3 is 10.2 Å². The van der Waals surface area contributed by atoms with Gasteiger partial charge in [-0.1, -0.05) is 11.6 Å². The molecule has 0 aliphatic carbocycles. The minimum atomic E-state index is 0.761. The molecule has 16 heavy (non-hydrogen) atoms.